The number of hydrogen-bond acceptors (Lipinski definition) is 9. The highest BCUT2D eigenvalue weighted by molar-refractivity contribution is 7.92. The molecule has 4 rings (SSSR count). The first-order valence-electron chi connectivity index (χ1n) is 10.9. The van der Waals surface area contributed by atoms with Crippen LogP contribution in [0, 0.1) is 18.3 Å². The van der Waals surface area contributed by atoms with Crippen LogP contribution in [-0.2, 0) is 16.4 Å². The number of hydrogen-bond donors (Lipinski definition) is 1. The number of benzene rings is 2. The molecule has 2 aromatic heterocycles. The average Bonchev–Trinajstić information content (AvgIpc) is 3.34. The van der Waals surface area contributed by atoms with Crippen LogP contribution in [0.3, 0.4) is 0 Å². The fourth-order valence-corrected chi connectivity index (χ4v) is 4.56. The minimum atomic E-state index is -3.52. The number of aromatic nitrogens is 4. The van der Waals surface area contributed by atoms with Crippen LogP contribution in [0.2, 0.25) is 0 Å². The molecule has 4 aromatic rings. The van der Waals surface area contributed by atoms with Crippen molar-refractivity contribution in [1.82, 2.24) is 25.5 Å². The van der Waals surface area contributed by atoms with E-state index in [0.29, 0.717) is 28.5 Å². The quantitative estimate of drug-likeness (QED) is 0.397. The van der Waals surface area contributed by atoms with Crippen LogP contribution in [-0.4, -0.2) is 40.9 Å². The lowest BCUT2D eigenvalue weighted by molar-refractivity contribution is 0.581. The van der Waals surface area contributed by atoms with E-state index in [-0.39, 0.29) is 19.2 Å². The molecule has 0 atom stereocenters. The van der Waals surface area contributed by atoms with E-state index in [0.717, 1.165) is 17.7 Å². The molecule has 0 amide bonds. The summed E-state index contributed by atoms with van der Waals surface area (Å²) in [5, 5.41) is 20.5. The first-order valence-corrected chi connectivity index (χ1v) is 12.5. The van der Waals surface area contributed by atoms with Gasteiger partial charge in [0.05, 0.1) is 39.4 Å². The fourth-order valence-electron chi connectivity index (χ4n) is 3.47. The molecule has 0 aliphatic heterocycles. The van der Waals surface area contributed by atoms with Gasteiger partial charge in [0.25, 0.3) is 5.89 Å². The SMILES string of the molecule is CNCc1ccc(-c2nnc(-c3nc(-c4ccc(S(=O)(=O)C(C)C)cc4C#N)cnc3C)o2)cc1.[HH].[HH]. The molecule has 0 fully saturated rings. The summed E-state index contributed by atoms with van der Waals surface area (Å²) in [6.45, 7) is 5.73. The molecule has 0 radical (unpaired) electrons. The Kier molecular flexibility index (Phi) is 6.73. The van der Waals surface area contributed by atoms with Crippen molar-refractivity contribution in [2.24, 2.45) is 0 Å². The van der Waals surface area contributed by atoms with Crippen LogP contribution in [0.15, 0.2) is 58.0 Å². The minimum absolute atomic E-state index is 0. The molecule has 0 saturated heterocycles. The topological polar surface area (TPSA) is 135 Å². The molecule has 1 N–H and O–H groups in total. The molecule has 0 spiro atoms. The van der Waals surface area contributed by atoms with Gasteiger partial charge in [0, 0.05) is 20.5 Å². The number of nitrogens with zero attached hydrogens (tertiary/aromatic N) is 5. The maximum atomic E-state index is 12.5. The zero-order valence-corrected chi connectivity index (χ0v) is 20.6. The van der Waals surface area contributed by atoms with Gasteiger partial charge in [0.1, 0.15) is 5.69 Å². The summed E-state index contributed by atoms with van der Waals surface area (Å²) in [7, 11) is -1.63. The highest BCUT2D eigenvalue weighted by Crippen LogP contribution is 2.29. The molecule has 182 valence electrons. The Balaban J connectivity index is 0.00000241. The third kappa shape index (κ3) is 4.82. The minimum Gasteiger partial charge on any atom is -0.415 e. The molecule has 35 heavy (non-hydrogen) atoms. The number of nitriles is 1. The van der Waals surface area contributed by atoms with E-state index in [1.807, 2.05) is 31.3 Å². The zero-order valence-electron chi connectivity index (χ0n) is 19.8. The van der Waals surface area contributed by atoms with Gasteiger partial charge in [-0.1, -0.05) is 18.2 Å². The van der Waals surface area contributed by atoms with Crippen molar-refractivity contribution in [1.29, 1.82) is 5.26 Å². The number of sulfone groups is 1. The summed E-state index contributed by atoms with van der Waals surface area (Å²) in [6, 6.07) is 14.3. The van der Waals surface area contributed by atoms with E-state index in [1.54, 1.807) is 26.8 Å². The molecule has 0 saturated carbocycles. The second kappa shape index (κ2) is 9.74. The first-order chi connectivity index (χ1) is 16.7. The van der Waals surface area contributed by atoms with Gasteiger partial charge in [-0.25, -0.2) is 13.4 Å². The molecule has 10 heteroatoms. The van der Waals surface area contributed by atoms with E-state index in [2.05, 4.69) is 31.6 Å². The van der Waals surface area contributed by atoms with Crippen molar-refractivity contribution >= 4 is 9.84 Å². The van der Waals surface area contributed by atoms with Crippen LogP contribution in [0.25, 0.3) is 34.3 Å². The Morgan fingerprint density at radius 3 is 2.49 bits per heavy atom. The van der Waals surface area contributed by atoms with E-state index in [4.69, 9.17) is 4.42 Å². The molecule has 0 unspecified atom stereocenters. The van der Waals surface area contributed by atoms with Crippen LogP contribution in [0.5, 0.6) is 0 Å². The van der Waals surface area contributed by atoms with Gasteiger partial charge in [0.2, 0.25) is 5.89 Å². The van der Waals surface area contributed by atoms with Gasteiger partial charge in [0.15, 0.2) is 9.84 Å². The third-order valence-electron chi connectivity index (χ3n) is 5.50. The molecule has 0 bridgehead atoms. The van der Waals surface area contributed by atoms with Crippen LogP contribution >= 0.6 is 0 Å². The predicted octanol–water partition coefficient (Wildman–Crippen LogP) is 4.43. The highest BCUT2D eigenvalue weighted by atomic mass is 32.2. The van der Waals surface area contributed by atoms with Gasteiger partial charge in [-0.2, -0.15) is 5.26 Å². The summed E-state index contributed by atoms with van der Waals surface area (Å²) in [5.41, 5.74) is 3.91. The van der Waals surface area contributed by atoms with Crippen molar-refractivity contribution in [3.63, 3.8) is 0 Å². The Morgan fingerprint density at radius 1 is 1.11 bits per heavy atom. The van der Waals surface area contributed by atoms with Gasteiger partial charge >= 0.3 is 0 Å². The second-order valence-electron chi connectivity index (χ2n) is 8.24. The maximum Gasteiger partial charge on any atom is 0.268 e. The number of aryl methyl sites for hydroxylation is 1. The zero-order chi connectivity index (χ0) is 25.2. The molecule has 9 nitrogen and oxygen atoms in total. The summed E-state index contributed by atoms with van der Waals surface area (Å²) < 4.78 is 31.0. The summed E-state index contributed by atoms with van der Waals surface area (Å²) in [6.07, 6.45) is 1.53. The number of nitrogens with one attached hydrogen (secondary N) is 1. The summed E-state index contributed by atoms with van der Waals surface area (Å²) >= 11 is 0. The molecular weight excluding hydrogens is 464 g/mol. The van der Waals surface area contributed by atoms with Crippen molar-refractivity contribution in [3.8, 4) is 40.4 Å². The lowest BCUT2D eigenvalue weighted by Gasteiger charge is -2.11. The van der Waals surface area contributed by atoms with Crippen LogP contribution in [0.4, 0.5) is 0 Å². The van der Waals surface area contributed by atoms with E-state index < -0.39 is 15.1 Å². The smallest absolute Gasteiger partial charge is 0.268 e. The first kappa shape index (κ1) is 24.2. The normalized spacial score (nSPS) is 11.5. The second-order valence-corrected chi connectivity index (χ2v) is 10.7. The maximum absolute atomic E-state index is 12.5. The summed E-state index contributed by atoms with van der Waals surface area (Å²) in [4.78, 5) is 9.12. The van der Waals surface area contributed by atoms with E-state index in [1.165, 1.54) is 18.3 Å². The van der Waals surface area contributed by atoms with Gasteiger partial charge in [-0.3, -0.25) is 4.98 Å². The number of rotatable bonds is 7. The lowest BCUT2D eigenvalue weighted by Crippen LogP contribution is -2.14. The monoisotopic (exact) mass is 492 g/mol. The lowest BCUT2D eigenvalue weighted by atomic mass is 10.1. The van der Waals surface area contributed by atoms with E-state index >= 15 is 0 Å². The Hall–Kier alpha value is -3.94. The van der Waals surface area contributed by atoms with Crippen molar-refractivity contribution in [2.75, 3.05) is 7.05 Å². The summed E-state index contributed by atoms with van der Waals surface area (Å²) in [5.74, 6) is 0.548. The van der Waals surface area contributed by atoms with Crippen molar-refractivity contribution < 1.29 is 15.7 Å². The van der Waals surface area contributed by atoms with Gasteiger partial charge in [-0.05, 0) is 57.6 Å². The fraction of sp³-hybridized carbons (Fsp3) is 0.240. The van der Waals surface area contributed by atoms with Crippen LogP contribution < -0.4 is 5.32 Å². The van der Waals surface area contributed by atoms with Crippen molar-refractivity contribution in [2.45, 2.75) is 37.5 Å². The third-order valence-corrected chi connectivity index (χ3v) is 7.65. The van der Waals surface area contributed by atoms with E-state index in [9.17, 15) is 13.7 Å². The molecule has 2 heterocycles. The highest BCUT2D eigenvalue weighted by Gasteiger charge is 2.22. The Labute approximate surface area is 206 Å². The largest absolute Gasteiger partial charge is 0.415 e. The average molecular weight is 493 g/mol. The van der Waals surface area contributed by atoms with Crippen LogP contribution in [0.1, 0.15) is 33.5 Å². The molecular formula is C25H28N6O3S. The van der Waals surface area contributed by atoms with Gasteiger partial charge in [-0.15, -0.1) is 10.2 Å². The Morgan fingerprint density at radius 2 is 1.83 bits per heavy atom. The molecule has 0 aliphatic rings. The predicted molar refractivity (Wildman–Crippen MR) is 135 cm³/mol. The van der Waals surface area contributed by atoms with Gasteiger partial charge < -0.3 is 9.73 Å². The standard InChI is InChI=1S/C25H24N6O3S.2H2/c1-15(2)35(32,33)20-9-10-21(19(11-20)12-26)22-14-28-16(3)23(29-22)25-31-30-24(34-25)18-7-5-17(6-8-18)13-27-4;;/h5-11,14-15,27H,13H2,1-4H3;2*1H. The Bertz CT molecular complexity index is 1530. The van der Waals surface area contributed by atoms with Crippen molar-refractivity contribution in [3.05, 3.63) is 65.5 Å². The molecule has 0 aliphatic carbocycles. The molecule has 2 aromatic carbocycles.